The van der Waals surface area contributed by atoms with Gasteiger partial charge in [0.05, 0.1) is 22.3 Å². The highest BCUT2D eigenvalue weighted by Crippen LogP contribution is 2.59. The summed E-state index contributed by atoms with van der Waals surface area (Å²) in [5, 5.41) is 5.22. The van der Waals surface area contributed by atoms with Crippen LogP contribution < -0.4 is 4.90 Å². The summed E-state index contributed by atoms with van der Waals surface area (Å²) in [5.74, 6) is 0. The number of nitrogens with zero attached hydrogens (tertiary/aromatic N) is 2. The third-order valence-corrected chi connectivity index (χ3v) is 13.7. The van der Waals surface area contributed by atoms with E-state index in [0.29, 0.717) is 0 Å². The Labute approximate surface area is 341 Å². The van der Waals surface area contributed by atoms with Gasteiger partial charge < -0.3 is 9.47 Å². The molecule has 274 valence electrons. The molecular weight excluding hydrogens is 721 g/mol. The van der Waals surface area contributed by atoms with E-state index >= 15 is 0 Å². The van der Waals surface area contributed by atoms with Crippen LogP contribution in [0.25, 0.3) is 81.1 Å². The first kappa shape index (κ1) is 33.2. The molecule has 12 rings (SSSR count). The molecule has 0 bridgehead atoms. The molecule has 0 spiro atoms. The van der Waals surface area contributed by atoms with E-state index in [1.54, 1.807) is 0 Å². The molecular formula is C55H38N2S. The quantitative estimate of drug-likeness (QED) is 0.170. The summed E-state index contributed by atoms with van der Waals surface area (Å²) in [6.07, 6.45) is 5.86. The number of allylic oxidation sites excluding steroid dienone is 2. The van der Waals surface area contributed by atoms with Crippen LogP contribution in [0.3, 0.4) is 0 Å². The van der Waals surface area contributed by atoms with E-state index in [1.165, 1.54) is 104 Å². The zero-order valence-corrected chi connectivity index (χ0v) is 32.9. The molecule has 0 N–H and O–H groups in total. The van der Waals surface area contributed by atoms with Crippen LogP contribution in [-0.4, -0.2) is 10.1 Å². The Morgan fingerprint density at radius 2 is 1.14 bits per heavy atom. The van der Waals surface area contributed by atoms with Crippen LogP contribution in [-0.2, 0) is 0 Å². The number of aromatic nitrogens is 1. The van der Waals surface area contributed by atoms with Gasteiger partial charge in [0.15, 0.2) is 0 Å². The fraction of sp³-hybridized carbons (Fsp3) is 0.0545. The molecule has 3 heterocycles. The second-order valence-electron chi connectivity index (χ2n) is 15.9. The van der Waals surface area contributed by atoms with Gasteiger partial charge in [-0.05, 0) is 113 Å². The van der Waals surface area contributed by atoms with Crippen LogP contribution in [0, 0.1) is 0 Å². The average Bonchev–Trinajstić information content (AvgIpc) is 3.92. The standard InChI is InChI=1S/C55H38N2S/c1-55-32-31-41(40-25-29-50-47(34-40)44-19-8-10-21-49(44)56(50)43-18-12-17-39(33-43)37-15-6-3-7-16-37)35-48(55)45-28-30-52-53(46-20-9-11-22-51(46)58-52)54(45)57(55)42-26-23-38(24-27-42)36-13-4-2-5-14-36/h2-31,33-35H,32H2,1H3. The zero-order valence-electron chi connectivity index (χ0n) is 32.1. The van der Waals surface area contributed by atoms with Gasteiger partial charge in [-0.3, -0.25) is 0 Å². The lowest BCUT2D eigenvalue weighted by atomic mass is 9.79. The van der Waals surface area contributed by atoms with E-state index in [2.05, 4.69) is 217 Å². The van der Waals surface area contributed by atoms with Crippen LogP contribution >= 0.6 is 11.3 Å². The van der Waals surface area contributed by atoms with Gasteiger partial charge in [-0.15, -0.1) is 11.3 Å². The van der Waals surface area contributed by atoms with E-state index in [0.717, 1.165) is 6.42 Å². The van der Waals surface area contributed by atoms with Gasteiger partial charge in [0, 0.05) is 47.9 Å². The summed E-state index contributed by atoms with van der Waals surface area (Å²) in [4.78, 5) is 2.65. The third-order valence-electron chi connectivity index (χ3n) is 12.6. The molecule has 2 aliphatic rings. The van der Waals surface area contributed by atoms with E-state index in [1.807, 2.05) is 11.3 Å². The number of anilines is 2. The predicted molar refractivity (Wildman–Crippen MR) is 249 cm³/mol. The smallest absolute Gasteiger partial charge is 0.0716 e. The zero-order chi connectivity index (χ0) is 38.4. The molecule has 0 saturated heterocycles. The van der Waals surface area contributed by atoms with Crippen molar-refractivity contribution < 1.29 is 0 Å². The van der Waals surface area contributed by atoms with Crippen molar-refractivity contribution in [2.45, 2.75) is 18.9 Å². The number of thiophene rings is 1. The fourth-order valence-corrected chi connectivity index (χ4v) is 10.9. The number of para-hydroxylation sites is 1. The van der Waals surface area contributed by atoms with Gasteiger partial charge >= 0.3 is 0 Å². The first-order chi connectivity index (χ1) is 28.6. The van der Waals surface area contributed by atoms with Crippen molar-refractivity contribution >= 4 is 75.8 Å². The Kier molecular flexibility index (Phi) is 7.33. The normalized spacial score (nSPS) is 16.2. The maximum atomic E-state index is 2.65. The Morgan fingerprint density at radius 3 is 1.95 bits per heavy atom. The number of fused-ring (bicyclic) bond motifs is 10. The van der Waals surface area contributed by atoms with E-state index in [-0.39, 0.29) is 5.54 Å². The number of hydrogen-bond donors (Lipinski definition) is 0. The van der Waals surface area contributed by atoms with Gasteiger partial charge in [0.25, 0.3) is 0 Å². The van der Waals surface area contributed by atoms with Crippen molar-refractivity contribution in [1.82, 2.24) is 4.57 Å². The molecule has 1 unspecified atom stereocenters. The Morgan fingerprint density at radius 1 is 0.483 bits per heavy atom. The molecule has 1 aliphatic carbocycles. The summed E-state index contributed by atoms with van der Waals surface area (Å²) in [6, 6.07) is 69.1. The van der Waals surface area contributed by atoms with Gasteiger partial charge in [0.2, 0.25) is 0 Å². The maximum absolute atomic E-state index is 2.65. The van der Waals surface area contributed by atoms with Crippen LogP contribution in [0.1, 0.15) is 24.5 Å². The molecule has 0 radical (unpaired) electrons. The molecule has 8 aromatic carbocycles. The second kappa shape index (κ2) is 12.8. The summed E-state index contributed by atoms with van der Waals surface area (Å²) >= 11 is 1.89. The van der Waals surface area contributed by atoms with E-state index < -0.39 is 0 Å². The van der Waals surface area contributed by atoms with Crippen LogP contribution in [0.2, 0.25) is 0 Å². The van der Waals surface area contributed by atoms with Crippen molar-refractivity contribution in [3.8, 4) is 27.9 Å². The molecule has 2 aromatic heterocycles. The molecule has 10 aromatic rings. The van der Waals surface area contributed by atoms with Gasteiger partial charge in [-0.25, -0.2) is 0 Å². The molecule has 1 aliphatic heterocycles. The minimum absolute atomic E-state index is 0.263. The lowest BCUT2D eigenvalue weighted by Gasteiger charge is -2.40. The molecule has 0 saturated carbocycles. The van der Waals surface area contributed by atoms with Crippen LogP contribution in [0.5, 0.6) is 0 Å². The van der Waals surface area contributed by atoms with Crippen LogP contribution in [0.4, 0.5) is 11.4 Å². The molecule has 58 heavy (non-hydrogen) atoms. The minimum atomic E-state index is -0.263. The van der Waals surface area contributed by atoms with E-state index in [4.69, 9.17) is 0 Å². The number of hydrogen-bond acceptors (Lipinski definition) is 2. The number of benzene rings is 8. The lowest BCUT2D eigenvalue weighted by molar-refractivity contribution is 0.609. The van der Waals surface area contributed by atoms with Crippen molar-refractivity contribution in [3.05, 3.63) is 211 Å². The second-order valence-corrected chi connectivity index (χ2v) is 17.0. The Hall–Kier alpha value is -6.94. The van der Waals surface area contributed by atoms with Gasteiger partial charge in [-0.2, -0.15) is 0 Å². The van der Waals surface area contributed by atoms with Crippen molar-refractivity contribution in [1.29, 1.82) is 0 Å². The molecule has 3 heteroatoms. The fourth-order valence-electron chi connectivity index (χ4n) is 9.80. The lowest BCUT2D eigenvalue weighted by Crippen LogP contribution is -2.40. The minimum Gasteiger partial charge on any atom is -0.330 e. The van der Waals surface area contributed by atoms with Crippen molar-refractivity contribution in [3.63, 3.8) is 0 Å². The molecule has 1 atom stereocenters. The third kappa shape index (κ3) is 4.97. The SMILES string of the molecule is CC12CC=C(c3ccc4c(c3)c3ccccc3n4-c3cccc(-c4ccccc4)c3)C=C1c1ccc3sc4ccccc4c3c1N2c1ccc(-c2ccccc2)cc1. The highest BCUT2D eigenvalue weighted by Gasteiger charge is 2.47. The number of rotatable bonds is 5. The summed E-state index contributed by atoms with van der Waals surface area (Å²) in [5.41, 5.74) is 16.0. The molecule has 0 amide bonds. The predicted octanol–water partition coefficient (Wildman–Crippen LogP) is 15.3. The Balaban J connectivity index is 1.01. The van der Waals surface area contributed by atoms with Crippen molar-refractivity contribution in [2.75, 3.05) is 4.90 Å². The maximum Gasteiger partial charge on any atom is 0.0716 e. The van der Waals surface area contributed by atoms with Gasteiger partial charge in [-0.1, -0.05) is 140 Å². The molecule has 2 nitrogen and oxygen atoms in total. The first-order valence-electron chi connectivity index (χ1n) is 20.1. The average molecular weight is 759 g/mol. The van der Waals surface area contributed by atoms with Gasteiger partial charge in [0.1, 0.15) is 0 Å². The highest BCUT2D eigenvalue weighted by molar-refractivity contribution is 7.26. The molecule has 0 fully saturated rings. The Bertz CT molecular complexity index is 3310. The van der Waals surface area contributed by atoms with Crippen molar-refractivity contribution in [2.24, 2.45) is 0 Å². The first-order valence-corrected chi connectivity index (χ1v) is 21.0. The topological polar surface area (TPSA) is 8.17 Å². The summed E-state index contributed by atoms with van der Waals surface area (Å²) in [7, 11) is 0. The van der Waals surface area contributed by atoms with Crippen LogP contribution in [0.15, 0.2) is 200 Å². The summed E-state index contributed by atoms with van der Waals surface area (Å²) in [6.45, 7) is 2.44. The highest BCUT2D eigenvalue weighted by atomic mass is 32.1. The largest absolute Gasteiger partial charge is 0.330 e. The summed E-state index contributed by atoms with van der Waals surface area (Å²) < 4.78 is 5.09. The van der Waals surface area contributed by atoms with E-state index in [9.17, 15) is 0 Å². The monoisotopic (exact) mass is 758 g/mol.